The standard InChI is InChI=1S/C20H22N4O4/c1-3-22-12-15(10-21)19(26)24(20(22)27)13-18(25)23(16-6-7-16)11-14-4-8-17(28-2)9-5-14/h4-5,8-9,12,16H,3,6-7,11,13H2,1-2H3. The summed E-state index contributed by atoms with van der Waals surface area (Å²) in [6.07, 6.45) is 3.03. The SMILES string of the molecule is CCn1cc(C#N)c(=O)n(CC(=O)N(Cc2ccc(OC)cc2)C2CC2)c1=O. The van der Waals surface area contributed by atoms with Gasteiger partial charge in [0.05, 0.1) is 7.11 Å². The van der Waals surface area contributed by atoms with Gasteiger partial charge in [-0.1, -0.05) is 12.1 Å². The van der Waals surface area contributed by atoms with Gasteiger partial charge >= 0.3 is 5.69 Å². The lowest BCUT2D eigenvalue weighted by atomic mass is 10.2. The van der Waals surface area contributed by atoms with Crippen LogP contribution in [0.1, 0.15) is 30.9 Å². The molecular formula is C20H22N4O4. The minimum atomic E-state index is -0.731. The fourth-order valence-corrected chi connectivity index (χ4v) is 3.06. The van der Waals surface area contributed by atoms with Crippen LogP contribution >= 0.6 is 0 Å². The quantitative estimate of drug-likeness (QED) is 0.714. The predicted octanol–water partition coefficient (Wildman–Crippen LogP) is 1.10. The van der Waals surface area contributed by atoms with Crippen LogP contribution in [0.2, 0.25) is 0 Å². The summed E-state index contributed by atoms with van der Waals surface area (Å²) < 4.78 is 7.27. The average Bonchev–Trinajstić information content (AvgIpc) is 3.55. The topological polar surface area (TPSA) is 97.3 Å². The van der Waals surface area contributed by atoms with Crippen molar-refractivity contribution in [2.24, 2.45) is 0 Å². The highest BCUT2D eigenvalue weighted by atomic mass is 16.5. The molecule has 3 rings (SSSR count). The Morgan fingerprint density at radius 3 is 2.50 bits per heavy atom. The number of rotatable bonds is 7. The molecule has 8 heteroatoms. The summed E-state index contributed by atoms with van der Waals surface area (Å²) in [5.74, 6) is 0.420. The van der Waals surface area contributed by atoms with Crippen LogP contribution in [0.4, 0.5) is 0 Å². The molecule has 1 aliphatic carbocycles. The molecule has 0 unspecified atom stereocenters. The second kappa shape index (κ2) is 8.13. The Morgan fingerprint density at radius 2 is 1.96 bits per heavy atom. The number of nitrogens with zero attached hydrogens (tertiary/aromatic N) is 4. The number of aromatic nitrogens is 2. The molecule has 1 heterocycles. The number of nitriles is 1. The molecule has 0 aliphatic heterocycles. The van der Waals surface area contributed by atoms with E-state index < -0.39 is 11.2 Å². The van der Waals surface area contributed by atoms with Crippen molar-refractivity contribution in [3.8, 4) is 11.8 Å². The van der Waals surface area contributed by atoms with Crippen LogP contribution in [0.5, 0.6) is 5.75 Å². The highest BCUT2D eigenvalue weighted by molar-refractivity contribution is 5.76. The lowest BCUT2D eigenvalue weighted by Crippen LogP contribution is -2.45. The monoisotopic (exact) mass is 382 g/mol. The van der Waals surface area contributed by atoms with E-state index in [4.69, 9.17) is 10.00 Å². The van der Waals surface area contributed by atoms with Crippen LogP contribution < -0.4 is 16.0 Å². The molecule has 1 aromatic heterocycles. The maximum absolute atomic E-state index is 12.9. The van der Waals surface area contributed by atoms with Gasteiger partial charge < -0.3 is 9.64 Å². The van der Waals surface area contributed by atoms with Gasteiger partial charge in [0.2, 0.25) is 5.91 Å². The maximum Gasteiger partial charge on any atom is 0.331 e. The van der Waals surface area contributed by atoms with Gasteiger partial charge in [-0.2, -0.15) is 5.26 Å². The van der Waals surface area contributed by atoms with Crippen LogP contribution in [-0.4, -0.2) is 33.1 Å². The summed E-state index contributed by atoms with van der Waals surface area (Å²) in [6, 6.07) is 9.32. The van der Waals surface area contributed by atoms with E-state index >= 15 is 0 Å². The van der Waals surface area contributed by atoms with Gasteiger partial charge in [-0.15, -0.1) is 0 Å². The first-order chi connectivity index (χ1) is 13.5. The van der Waals surface area contributed by atoms with E-state index in [1.165, 1.54) is 10.8 Å². The van der Waals surface area contributed by atoms with Crippen LogP contribution in [-0.2, 0) is 24.4 Å². The normalized spacial score (nSPS) is 13.0. The van der Waals surface area contributed by atoms with Crippen LogP contribution in [0.3, 0.4) is 0 Å². The van der Waals surface area contributed by atoms with E-state index in [-0.39, 0.29) is 24.1 Å². The zero-order valence-electron chi connectivity index (χ0n) is 15.9. The van der Waals surface area contributed by atoms with Crippen molar-refractivity contribution in [3.05, 3.63) is 62.4 Å². The number of aryl methyl sites for hydroxylation is 1. The summed E-state index contributed by atoms with van der Waals surface area (Å²) in [7, 11) is 1.59. The Labute approximate surface area is 162 Å². The number of hydrogen-bond acceptors (Lipinski definition) is 5. The summed E-state index contributed by atoms with van der Waals surface area (Å²) in [5.41, 5.74) is -0.529. The fourth-order valence-electron chi connectivity index (χ4n) is 3.06. The van der Waals surface area contributed by atoms with Gasteiger partial charge in [-0.3, -0.25) is 14.2 Å². The van der Waals surface area contributed by atoms with Crippen molar-refractivity contribution in [3.63, 3.8) is 0 Å². The number of carbonyl (C=O) groups excluding carboxylic acids is 1. The maximum atomic E-state index is 12.9. The third kappa shape index (κ3) is 3.98. The third-order valence-corrected chi connectivity index (χ3v) is 4.81. The fraction of sp³-hybridized carbons (Fsp3) is 0.400. The number of amides is 1. The van der Waals surface area contributed by atoms with Gasteiger partial charge in [0.15, 0.2) is 0 Å². The van der Waals surface area contributed by atoms with Crippen LogP contribution in [0.25, 0.3) is 0 Å². The van der Waals surface area contributed by atoms with Crippen molar-refractivity contribution >= 4 is 5.91 Å². The molecule has 1 aliphatic rings. The van der Waals surface area contributed by atoms with E-state index in [2.05, 4.69) is 0 Å². The van der Waals surface area contributed by atoms with Gasteiger partial charge in [-0.05, 0) is 37.5 Å². The molecule has 146 valence electrons. The van der Waals surface area contributed by atoms with Crippen molar-refractivity contribution in [1.82, 2.24) is 14.0 Å². The van der Waals surface area contributed by atoms with E-state index in [1.807, 2.05) is 24.3 Å². The first kappa shape index (κ1) is 19.4. The molecule has 0 spiro atoms. The first-order valence-electron chi connectivity index (χ1n) is 9.15. The lowest BCUT2D eigenvalue weighted by Gasteiger charge is -2.23. The summed E-state index contributed by atoms with van der Waals surface area (Å²) in [5, 5.41) is 9.15. The zero-order chi connectivity index (χ0) is 20.3. The smallest absolute Gasteiger partial charge is 0.331 e. The highest BCUT2D eigenvalue weighted by Gasteiger charge is 2.33. The summed E-state index contributed by atoms with van der Waals surface area (Å²) >= 11 is 0. The number of ether oxygens (including phenoxy) is 1. The van der Waals surface area contributed by atoms with E-state index in [0.29, 0.717) is 13.1 Å². The van der Waals surface area contributed by atoms with Crippen molar-refractivity contribution in [2.75, 3.05) is 7.11 Å². The Kier molecular flexibility index (Phi) is 5.64. The molecular weight excluding hydrogens is 360 g/mol. The Balaban J connectivity index is 1.86. The average molecular weight is 382 g/mol. The van der Waals surface area contributed by atoms with E-state index in [1.54, 1.807) is 25.0 Å². The third-order valence-electron chi connectivity index (χ3n) is 4.81. The first-order valence-corrected chi connectivity index (χ1v) is 9.15. The molecule has 0 atom stereocenters. The molecule has 0 radical (unpaired) electrons. The second-order valence-electron chi connectivity index (χ2n) is 6.72. The number of benzene rings is 1. The largest absolute Gasteiger partial charge is 0.497 e. The lowest BCUT2D eigenvalue weighted by molar-refractivity contribution is -0.133. The predicted molar refractivity (Wildman–Crippen MR) is 102 cm³/mol. The van der Waals surface area contributed by atoms with Gasteiger partial charge in [0, 0.05) is 25.3 Å². The molecule has 0 N–H and O–H groups in total. The molecule has 1 saturated carbocycles. The van der Waals surface area contributed by atoms with Gasteiger partial charge in [0.25, 0.3) is 5.56 Å². The van der Waals surface area contributed by atoms with Crippen molar-refractivity contribution < 1.29 is 9.53 Å². The number of hydrogen-bond donors (Lipinski definition) is 0. The second-order valence-corrected chi connectivity index (χ2v) is 6.72. The Bertz CT molecular complexity index is 1030. The van der Waals surface area contributed by atoms with E-state index in [9.17, 15) is 14.4 Å². The van der Waals surface area contributed by atoms with Crippen LogP contribution in [0.15, 0.2) is 40.1 Å². The van der Waals surface area contributed by atoms with E-state index in [0.717, 1.165) is 28.7 Å². The summed E-state index contributed by atoms with van der Waals surface area (Å²) in [4.78, 5) is 39.5. The Hall–Kier alpha value is -3.34. The minimum Gasteiger partial charge on any atom is -0.497 e. The molecule has 0 saturated heterocycles. The zero-order valence-corrected chi connectivity index (χ0v) is 15.9. The number of carbonyl (C=O) groups is 1. The minimum absolute atomic E-state index is 0.109. The number of methoxy groups -OCH3 is 1. The molecule has 0 bridgehead atoms. The van der Waals surface area contributed by atoms with Crippen molar-refractivity contribution in [1.29, 1.82) is 5.26 Å². The molecule has 1 aromatic carbocycles. The molecule has 8 nitrogen and oxygen atoms in total. The molecule has 28 heavy (non-hydrogen) atoms. The molecule has 1 fully saturated rings. The highest BCUT2D eigenvalue weighted by Crippen LogP contribution is 2.29. The Morgan fingerprint density at radius 1 is 1.29 bits per heavy atom. The molecule has 2 aromatic rings. The van der Waals surface area contributed by atoms with Crippen molar-refractivity contribution in [2.45, 2.75) is 45.4 Å². The summed E-state index contributed by atoms with van der Waals surface area (Å²) in [6.45, 7) is 2.06. The van der Waals surface area contributed by atoms with Crippen LogP contribution in [0, 0.1) is 11.3 Å². The van der Waals surface area contributed by atoms with Gasteiger partial charge in [0.1, 0.15) is 23.9 Å². The van der Waals surface area contributed by atoms with Gasteiger partial charge in [-0.25, -0.2) is 9.36 Å². The molecule has 1 amide bonds.